The lowest BCUT2D eigenvalue weighted by Gasteiger charge is -2.47. The fourth-order valence-electron chi connectivity index (χ4n) is 4.90. The van der Waals surface area contributed by atoms with E-state index in [1.807, 2.05) is 40.7 Å². The van der Waals surface area contributed by atoms with Crippen LogP contribution in [0.25, 0.3) is 0 Å². The fourth-order valence-corrected chi connectivity index (χ4v) is 4.90. The van der Waals surface area contributed by atoms with Gasteiger partial charge >= 0.3 is 11.9 Å². The number of fused-ring (bicyclic) bond motifs is 2. The molecule has 0 unspecified atom stereocenters. The third kappa shape index (κ3) is 3.43. The molecule has 0 aromatic heterocycles. The molecule has 0 N–H and O–H groups in total. The van der Waals surface area contributed by atoms with Crippen LogP contribution in [0.2, 0.25) is 0 Å². The summed E-state index contributed by atoms with van der Waals surface area (Å²) < 4.78 is 16.7. The van der Waals surface area contributed by atoms with Crippen molar-refractivity contribution in [3.05, 3.63) is 22.8 Å². The van der Waals surface area contributed by atoms with Gasteiger partial charge < -0.3 is 14.2 Å². The SMILES string of the molecule is COc1c(C(C)C)cc2c(c1OC(C)=O)C[C@@]1(C)C(=O)OCC(C)(C)[C@@H]1CC2=O. The lowest BCUT2D eigenvalue weighted by molar-refractivity contribution is -0.180. The highest BCUT2D eigenvalue weighted by atomic mass is 16.6. The van der Waals surface area contributed by atoms with Crippen molar-refractivity contribution in [3.8, 4) is 11.5 Å². The third-order valence-electron chi connectivity index (χ3n) is 6.43. The van der Waals surface area contributed by atoms with Crippen molar-refractivity contribution in [3.63, 3.8) is 0 Å². The average Bonchev–Trinajstić information content (AvgIpc) is 2.74. The third-order valence-corrected chi connectivity index (χ3v) is 6.43. The summed E-state index contributed by atoms with van der Waals surface area (Å²) in [5, 5.41) is 0. The second kappa shape index (κ2) is 7.15. The summed E-state index contributed by atoms with van der Waals surface area (Å²) in [5.41, 5.74) is 0.609. The van der Waals surface area contributed by atoms with Gasteiger partial charge in [0.15, 0.2) is 17.3 Å². The molecule has 1 fully saturated rings. The summed E-state index contributed by atoms with van der Waals surface area (Å²) >= 11 is 0. The number of ether oxygens (including phenoxy) is 3. The van der Waals surface area contributed by atoms with Crippen molar-refractivity contribution in [2.24, 2.45) is 16.7 Å². The van der Waals surface area contributed by atoms with E-state index in [9.17, 15) is 14.4 Å². The Hall–Kier alpha value is -2.37. The number of Topliss-reactive ketones (excluding diaryl/α,β-unsaturated/α-hetero) is 1. The predicted octanol–water partition coefficient (Wildman–Crippen LogP) is 4.08. The highest BCUT2D eigenvalue weighted by Gasteiger charge is 2.56. The monoisotopic (exact) mass is 402 g/mol. The van der Waals surface area contributed by atoms with Crippen molar-refractivity contribution < 1.29 is 28.6 Å². The van der Waals surface area contributed by atoms with Gasteiger partial charge in [-0.25, -0.2) is 0 Å². The number of rotatable bonds is 3. The predicted molar refractivity (Wildman–Crippen MR) is 107 cm³/mol. The van der Waals surface area contributed by atoms with Gasteiger partial charge in [-0.15, -0.1) is 0 Å². The minimum Gasteiger partial charge on any atom is -0.493 e. The molecular weight excluding hydrogens is 372 g/mol. The molecule has 158 valence electrons. The standard InChI is InChI=1S/C23H30O6/c1-12(2)14-8-15-16(20(19(14)27-7)29-13(3)24)10-23(6)18(9-17(15)25)22(4,5)11-28-21(23)26/h8,12,18H,9-11H2,1-7H3/t18-,23+/m0/s1. The summed E-state index contributed by atoms with van der Waals surface area (Å²) in [6.07, 6.45) is 0.493. The Labute approximate surface area is 171 Å². The largest absolute Gasteiger partial charge is 0.493 e. The zero-order chi connectivity index (χ0) is 21.7. The van der Waals surface area contributed by atoms with Crippen LogP contribution >= 0.6 is 0 Å². The number of benzene rings is 1. The molecule has 29 heavy (non-hydrogen) atoms. The smallest absolute Gasteiger partial charge is 0.312 e. The Morgan fingerprint density at radius 2 is 1.86 bits per heavy atom. The van der Waals surface area contributed by atoms with Crippen LogP contribution in [0.15, 0.2) is 6.07 Å². The first kappa shape index (κ1) is 21.3. The van der Waals surface area contributed by atoms with Gasteiger partial charge in [0, 0.05) is 35.4 Å². The summed E-state index contributed by atoms with van der Waals surface area (Å²) in [7, 11) is 1.52. The van der Waals surface area contributed by atoms with E-state index in [0.29, 0.717) is 16.9 Å². The second-order valence-electron chi connectivity index (χ2n) is 9.44. The highest BCUT2D eigenvalue weighted by molar-refractivity contribution is 6.01. The van der Waals surface area contributed by atoms with Crippen LogP contribution in [-0.2, 0) is 20.7 Å². The molecule has 1 aromatic carbocycles. The molecule has 2 aliphatic rings. The van der Waals surface area contributed by atoms with Gasteiger partial charge in [-0.1, -0.05) is 27.7 Å². The first-order valence-corrected chi connectivity index (χ1v) is 10.0. The van der Waals surface area contributed by atoms with Gasteiger partial charge in [-0.3, -0.25) is 14.4 Å². The van der Waals surface area contributed by atoms with E-state index in [1.54, 1.807) is 0 Å². The van der Waals surface area contributed by atoms with E-state index in [1.165, 1.54) is 14.0 Å². The highest BCUT2D eigenvalue weighted by Crippen LogP contribution is 2.54. The molecule has 2 atom stereocenters. The Morgan fingerprint density at radius 1 is 1.21 bits per heavy atom. The molecule has 6 heteroatoms. The molecule has 0 bridgehead atoms. The molecule has 6 nitrogen and oxygen atoms in total. The maximum Gasteiger partial charge on any atom is 0.312 e. The molecule has 0 radical (unpaired) electrons. The Balaban J connectivity index is 2.31. The lowest BCUT2D eigenvalue weighted by Crippen LogP contribution is -2.52. The minimum absolute atomic E-state index is 0.0468. The number of carbonyl (C=O) groups is 3. The molecule has 0 spiro atoms. The zero-order valence-electron chi connectivity index (χ0n) is 18.3. The maximum absolute atomic E-state index is 13.4. The minimum atomic E-state index is -0.901. The van der Waals surface area contributed by atoms with Crippen LogP contribution in [-0.4, -0.2) is 31.4 Å². The Kier molecular flexibility index (Phi) is 5.26. The first-order valence-electron chi connectivity index (χ1n) is 10.0. The number of hydrogen-bond acceptors (Lipinski definition) is 6. The number of cyclic esters (lactones) is 1. The van der Waals surface area contributed by atoms with Gasteiger partial charge in [0.2, 0.25) is 0 Å². The van der Waals surface area contributed by atoms with Crippen LogP contribution in [0.3, 0.4) is 0 Å². The van der Waals surface area contributed by atoms with E-state index in [4.69, 9.17) is 14.2 Å². The van der Waals surface area contributed by atoms with Crippen LogP contribution < -0.4 is 9.47 Å². The van der Waals surface area contributed by atoms with Crippen LogP contribution in [0.1, 0.15) is 75.4 Å². The van der Waals surface area contributed by atoms with E-state index in [2.05, 4.69) is 0 Å². The summed E-state index contributed by atoms with van der Waals surface area (Å²) in [6.45, 7) is 11.5. The van der Waals surface area contributed by atoms with Gasteiger partial charge in [0.1, 0.15) is 0 Å². The van der Waals surface area contributed by atoms with Crippen molar-refractivity contribution >= 4 is 17.7 Å². The van der Waals surface area contributed by atoms with Gasteiger partial charge in [0.05, 0.1) is 19.1 Å². The second-order valence-corrected chi connectivity index (χ2v) is 9.44. The van der Waals surface area contributed by atoms with Crippen LogP contribution in [0.5, 0.6) is 11.5 Å². The number of ketones is 1. The number of esters is 2. The van der Waals surface area contributed by atoms with Gasteiger partial charge in [-0.2, -0.15) is 0 Å². The Bertz CT molecular complexity index is 882. The normalized spacial score (nSPS) is 25.6. The maximum atomic E-state index is 13.4. The molecule has 0 amide bonds. The van der Waals surface area contributed by atoms with Crippen molar-refractivity contribution in [1.82, 2.24) is 0 Å². The van der Waals surface area contributed by atoms with E-state index in [0.717, 1.165) is 5.56 Å². The van der Waals surface area contributed by atoms with E-state index in [-0.39, 0.29) is 54.2 Å². The fraction of sp³-hybridized carbons (Fsp3) is 0.609. The summed E-state index contributed by atoms with van der Waals surface area (Å²) in [5.74, 6) is -0.316. The van der Waals surface area contributed by atoms with Crippen molar-refractivity contribution in [2.75, 3.05) is 13.7 Å². The Morgan fingerprint density at radius 3 is 2.41 bits per heavy atom. The molecule has 1 saturated heterocycles. The van der Waals surface area contributed by atoms with Gasteiger partial charge in [-0.05, 0) is 31.2 Å². The van der Waals surface area contributed by atoms with E-state index < -0.39 is 11.4 Å². The topological polar surface area (TPSA) is 78.9 Å². The molecule has 3 rings (SSSR count). The molecular formula is C23H30O6. The van der Waals surface area contributed by atoms with Crippen molar-refractivity contribution in [2.45, 2.75) is 60.3 Å². The molecule has 0 saturated carbocycles. The van der Waals surface area contributed by atoms with E-state index >= 15 is 0 Å². The van der Waals surface area contributed by atoms with Crippen LogP contribution in [0.4, 0.5) is 0 Å². The van der Waals surface area contributed by atoms with Gasteiger partial charge in [0.25, 0.3) is 0 Å². The molecule has 1 heterocycles. The number of hydrogen-bond donors (Lipinski definition) is 0. The summed E-state index contributed by atoms with van der Waals surface area (Å²) in [6, 6.07) is 1.84. The zero-order valence-corrected chi connectivity index (χ0v) is 18.3. The number of carbonyl (C=O) groups excluding carboxylic acids is 3. The molecule has 1 aromatic rings. The first-order chi connectivity index (χ1) is 13.4. The number of methoxy groups -OCH3 is 1. The summed E-state index contributed by atoms with van der Waals surface area (Å²) in [4.78, 5) is 38.2. The molecule has 1 aliphatic heterocycles. The van der Waals surface area contributed by atoms with Crippen molar-refractivity contribution in [1.29, 1.82) is 0 Å². The van der Waals surface area contributed by atoms with Crippen LogP contribution in [0, 0.1) is 16.7 Å². The quantitative estimate of drug-likeness (QED) is 0.560. The lowest BCUT2D eigenvalue weighted by atomic mass is 9.60. The molecule has 1 aliphatic carbocycles. The average molecular weight is 402 g/mol.